The van der Waals surface area contributed by atoms with E-state index in [0.29, 0.717) is 27.5 Å². The molecule has 1 aliphatic heterocycles. The number of rotatable bonds is 8. The molecule has 2 aliphatic rings. The highest BCUT2D eigenvalue weighted by molar-refractivity contribution is 8.00. The molecule has 1 saturated heterocycles. The van der Waals surface area contributed by atoms with Gasteiger partial charge in [-0.25, -0.2) is 14.7 Å². The van der Waals surface area contributed by atoms with Crippen molar-refractivity contribution in [3.8, 4) is 28.5 Å². The molecular formula is C40H29N3O5S. The van der Waals surface area contributed by atoms with Crippen LogP contribution in [0.1, 0.15) is 55.0 Å². The first-order chi connectivity index (χ1) is 23.7. The molecule has 0 radical (unpaired) electrons. The molecule has 2 amide bonds. The van der Waals surface area contributed by atoms with Crippen molar-refractivity contribution in [1.82, 2.24) is 4.98 Å². The average molecular weight is 664 g/mol. The lowest BCUT2D eigenvalue weighted by Crippen LogP contribution is -2.31. The molecule has 4 aromatic carbocycles. The summed E-state index contributed by atoms with van der Waals surface area (Å²) in [6.07, 6.45) is 0.684. The minimum Gasteiger partial charge on any atom is -0.454 e. The number of ether oxygens (including phenoxy) is 1. The number of hydrogen-bond donors (Lipinski definition) is 0. The van der Waals surface area contributed by atoms with E-state index in [1.54, 1.807) is 12.1 Å². The number of pyridine rings is 1. The summed E-state index contributed by atoms with van der Waals surface area (Å²) in [6, 6.07) is 31.4. The summed E-state index contributed by atoms with van der Waals surface area (Å²) in [4.78, 5) is 58.1. The summed E-state index contributed by atoms with van der Waals surface area (Å²) in [5.74, 6) is -1.84. The van der Waals surface area contributed by atoms with Gasteiger partial charge in [-0.15, -0.1) is 0 Å². The maximum Gasteiger partial charge on any atom is 0.338 e. The molecule has 0 bridgehead atoms. The number of carbonyl (C=O) groups is 4. The monoisotopic (exact) mass is 663 g/mol. The Hall–Kier alpha value is -5.85. The Kier molecular flexibility index (Phi) is 8.41. The van der Waals surface area contributed by atoms with E-state index in [4.69, 9.17) is 9.72 Å². The van der Waals surface area contributed by atoms with E-state index in [9.17, 15) is 24.4 Å². The summed E-state index contributed by atoms with van der Waals surface area (Å²) in [5, 5.41) is 9.41. The number of ketones is 1. The number of anilines is 1. The van der Waals surface area contributed by atoms with Crippen LogP contribution in [0.2, 0.25) is 0 Å². The Labute approximate surface area is 287 Å². The second-order valence-corrected chi connectivity index (χ2v) is 13.3. The molecular weight excluding hydrogens is 635 g/mol. The van der Waals surface area contributed by atoms with Gasteiger partial charge in [0.25, 0.3) is 0 Å². The molecule has 240 valence electrons. The summed E-state index contributed by atoms with van der Waals surface area (Å²) in [7, 11) is 0. The highest BCUT2D eigenvalue weighted by Gasteiger charge is 2.41. The van der Waals surface area contributed by atoms with E-state index >= 15 is 0 Å². The van der Waals surface area contributed by atoms with Crippen molar-refractivity contribution in [3.05, 3.63) is 136 Å². The molecule has 2 heterocycles. The average Bonchev–Trinajstić information content (AvgIpc) is 3.62. The number of aryl methyl sites for hydroxylation is 2. The second-order valence-electron chi connectivity index (χ2n) is 12.1. The van der Waals surface area contributed by atoms with Crippen molar-refractivity contribution < 1.29 is 23.9 Å². The van der Waals surface area contributed by atoms with E-state index in [2.05, 4.69) is 18.2 Å². The first kappa shape index (κ1) is 31.7. The first-order valence-electron chi connectivity index (χ1n) is 15.7. The number of hydrogen-bond acceptors (Lipinski definition) is 8. The van der Waals surface area contributed by atoms with E-state index < -0.39 is 29.6 Å². The predicted molar refractivity (Wildman–Crippen MR) is 186 cm³/mol. The lowest BCUT2D eigenvalue weighted by atomic mass is 10.0. The molecule has 5 aromatic rings. The van der Waals surface area contributed by atoms with Gasteiger partial charge in [0.15, 0.2) is 12.4 Å². The number of fused-ring (bicyclic) bond motifs is 3. The van der Waals surface area contributed by atoms with Crippen LogP contribution in [0.25, 0.3) is 22.4 Å². The Morgan fingerprint density at radius 1 is 0.898 bits per heavy atom. The van der Waals surface area contributed by atoms with Crippen molar-refractivity contribution in [2.75, 3.05) is 11.5 Å². The molecule has 1 fully saturated rings. The fourth-order valence-corrected chi connectivity index (χ4v) is 7.31. The van der Waals surface area contributed by atoms with Crippen molar-refractivity contribution in [1.29, 1.82) is 5.26 Å². The van der Waals surface area contributed by atoms with Gasteiger partial charge in [-0.05, 0) is 84.5 Å². The third-order valence-corrected chi connectivity index (χ3v) is 9.98. The molecule has 1 aliphatic carbocycles. The van der Waals surface area contributed by atoms with Crippen LogP contribution in [-0.4, -0.2) is 40.4 Å². The van der Waals surface area contributed by atoms with E-state index in [1.807, 2.05) is 62.4 Å². The number of nitrogens with zero attached hydrogens (tertiary/aromatic N) is 3. The molecule has 8 nitrogen and oxygen atoms in total. The van der Waals surface area contributed by atoms with Gasteiger partial charge in [0.05, 0.1) is 27.8 Å². The molecule has 1 atom stereocenters. The lowest BCUT2D eigenvalue weighted by molar-refractivity contribution is -0.121. The minimum absolute atomic E-state index is 0.0650. The van der Waals surface area contributed by atoms with Gasteiger partial charge in [-0.3, -0.25) is 14.4 Å². The quantitative estimate of drug-likeness (QED) is 0.0948. The van der Waals surface area contributed by atoms with Crippen LogP contribution in [-0.2, 0) is 20.7 Å². The highest BCUT2D eigenvalue weighted by atomic mass is 32.2. The number of nitriles is 1. The molecule has 49 heavy (non-hydrogen) atoms. The van der Waals surface area contributed by atoms with Crippen LogP contribution in [0, 0.1) is 25.2 Å². The smallest absolute Gasteiger partial charge is 0.338 e. The van der Waals surface area contributed by atoms with Crippen LogP contribution >= 0.6 is 11.8 Å². The highest BCUT2D eigenvalue weighted by Crippen LogP contribution is 2.38. The Balaban J connectivity index is 1.00. The lowest BCUT2D eigenvalue weighted by Gasteiger charge is -2.16. The van der Waals surface area contributed by atoms with Gasteiger partial charge in [0.2, 0.25) is 11.8 Å². The van der Waals surface area contributed by atoms with Crippen LogP contribution in [0.15, 0.2) is 102 Å². The molecule has 1 aromatic heterocycles. The molecule has 0 saturated carbocycles. The summed E-state index contributed by atoms with van der Waals surface area (Å²) in [6.45, 7) is 3.46. The Bertz CT molecular complexity index is 2220. The van der Waals surface area contributed by atoms with Crippen LogP contribution in [0.4, 0.5) is 5.69 Å². The van der Waals surface area contributed by atoms with Crippen molar-refractivity contribution >= 4 is 41.0 Å². The van der Waals surface area contributed by atoms with Crippen molar-refractivity contribution in [2.24, 2.45) is 0 Å². The third kappa shape index (κ3) is 6.15. The zero-order chi connectivity index (χ0) is 34.2. The predicted octanol–water partition coefficient (Wildman–Crippen LogP) is 7.27. The van der Waals surface area contributed by atoms with Gasteiger partial charge in [-0.1, -0.05) is 78.0 Å². The topological polar surface area (TPSA) is 117 Å². The van der Waals surface area contributed by atoms with E-state index in [1.165, 1.54) is 35.4 Å². The van der Waals surface area contributed by atoms with Gasteiger partial charge >= 0.3 is 5.97 Å². The number of thioether (sulfide) groups is 1. The van der Waals surface area contributed by atoms with Gasteiger partial charge in [0, 0.05) is 17.5 Å². The molecule has 0 N–H and O–H groups in total. The number of imide groups is 1. The molecule has 7 rings (SSSR count). The molecule has 9 heteroatoms. The number of aromatic nitrogens is 1. The van der Waals surface area contributed by atoms with Gasteiger partial charge in [-0.2, -0.15) is 5.26 Å². The zero-order valence-corrected chi connectivity index (χ0v) is 27.5. The van der Waals surface area contributed by atoms with Gasteiger partial charge < -0.3 is 4.74 Å². The van der Waals surface area contributed by atoms with E-state index in [-0.39, 0.29) is 17.8 Å². The fraction of sp³-hybridized carbons (Fsp3) is 0.150. The summed E-state index contributed by atoms with van der Waals surface area (Å²) >= 11 is 1.10. The molecule has 1 unspecified atom stereocenters. The maximum atomic E-state index is 13.5. The minimum atomic E-state index is -0.773. The normalized spacial score (nSPS) is 14.7. The Morgan fingerprint density at radius 2 is 1.61 bits per heavy atom. The third-order valence-electron chi connectivity index (χ3n) is 8.79. The summed E-state index contributed by atoms with van der Waals surface area (Å²) < 4.78 is 5.32. The zero-order valence-electron chi connectivity index (χ0n) is 26.7. The van der Waals surface area contributed by atoms with Crippen LogP contribution < -0.4 is 4.90 Å². The Morgan fingerprint density at radius 3 is 2.37 bits per heavy atom. The fourth-order valence-electron chi connectivity index (χ4n) is 6.24. The summed E-state index contributed by atoms with van der Waals surface area (Å²) in [5.41, 5.74) is 9.38. The molecule has 0 spiro atoms. The second kappa shape index (κ2) is 13.0. The number of Topliss-reactive ketones (excluding diaryl/α,β-unsaturated/α-hetero) is 1. The maximum absolute atomic E-state index is 13.5. The van der Waals surface area contributed by atoms with Crippen molar-refractivity contribution in [2.45, 2.75) is 37.0 Å². The number of esters is 1. The number of amides is 2. The van der Waals surface area contributed by atoms with E-state index in [0.717, 1.165) is 50.9 Å². The standard InChI is InChI=1S/C40H29N3O5S/c1-23-7-9-25(10-8-23)37-24(2)17-30(21-41)38(42-37)49-35-20-36(45)43(39(35)46)31-14-11-26(12-15-31)40(47)48-22-34(44)28-13-16-33-29(19-28)18-27-5-3-4-6-32(27)33/h3-17,19,35H,18,20,22H2,1-2H3. The largest absolute Gasteiger partial charge is 0.454 e. The number of benzene rings is 4. The van der Waals surface area contributed by atoms with Crippen LogP contribution in [0.5, 0.6) is 0 Å². The number of carbonyl (C=O) groups excluding carboxylic acids is 4. The van der Waals surface area contributed by atoms with Crippen molar-refractivity contribution in [3.63, 3.8) is 0 Å². The SMILES string of the molecule is Cc1ccc(-c2nc(SC3CC(=O)N(c4ccc(C(=O)OCC(=O)c5ccc6c(c5)Cc5ccccc5-6)cc4)C3=O)c(C#N)cc2C)cc1. The van der Waals surface area contributed by atoms with Gasteiger partial charge in [0.1, 0.15) is 11.1 Å². The van der Waals surface area contributed by atoms with Crippen LogP contribution in [0.3, 0.4) is 0 Å². The first-order valence-corrected chi connectivity index (χ1v) is 16.6.